The SMILES string of the molecule is CCCCC1CCC2C(CCC3CC(OCCC)CCC32)C1. The van der Waals surface area contributed by atoms with Gasteiger partial charge in [0, 0.05) is 6.61 Å². The number of hydrogen-bond acceptors (Lipinski definition) is 1. The number of rotatable bonds is 6. The van der Waals surface area contributed by atoms with Crippen molar-refractivity contribution in [2.45, 2.75) is 97.0 Å². The molecule has 1 heteroatoms. The van der Waals surface area contributed by atoms with E-state index in [0.29, 0.717) is 6.10 Å². The van der Waals surface area contributed by atoms with Crippen molar-refractivity contribution in [1.29, 1.82) is 0 Å². The van der Waals surface area contributed by atoms with E-state index in [4.69, 9.17) is 4.74 Å². The lowest BCUT2D eigenvalue weighted by molar-refractivity contribution is -0.0531. The van der Waals surface area contributed by atoms with Gasteiger partial charge >= 0.3 is 0 Å². The molecule has 0 N–H and O–H groups in total. The van der Waals surface area contributed by atoms with Gasteiger partial charge in [0.25, 0.3) is 0 Å². The fourth-order valence-electron chi connectivity index (χ4n) is 6.04. The lowest BCUT2D eigenvalue weighted by atomic mass is 9.56. The van der Waals surface area contributed by atoms with Crippen molar-refractivity contribution in [3.8, 4) is 0 Å². The van der Waals surface area contributed by atoms with Crippen LogP contribution in [0.1, 0.15) is 90.9 Å². The van der Waals surface area contributed by atoms with Crippen molar-refractivity contribution in [3.05, 3.63) is 0 Å². The molecule has 0 aromatic rings. The van der Waals surface area contributed by atoms with E-state index >= 15 is 0 Å². The van der Waals surface area contributed by atoms with Crippen LogP contribution in [-0.4, -0.2) is 12.7 Å². The molecular formula is C21H38O. The molecule has 3 aliphatic rings. The third kappa shape index (κ3) is 3.89. The van der Waals surface area contributed by atoms with Gasteiger partial charge in [-0.1, -0.05) is 39.5 Å². The monoisotopic (exact) mass is 306 g/mol. The highest BCUT2D eigenvalue weighted by molar-refractivity contribution is 4.94. The molecule has 3 saturated carbocycles. The van der Waals surface area contributed by atoms with Crippen LogP contribution < -0.4 is 0 Å². The van der Waals surface area contributed by atoms with Crippen LogP contribution in [0.15, 0.2) is 0 Å². The summed E-state index contributed by atoms with van der Waals surface area (Å²) in [4.78, 5) is 0. The second kappa shape index (κ2) is 8.18. The minimum Gasteiger partial charge on any atom is -0.378 e. The van der Waals surface area contributed by atoms with Crippen molar-refractivity contribution < 1.29 is 4.74 Å². The summed E-state index contributed by atoms with van der Waals surface area (Å²) in [5, 5.41) is 0. The van der Waals surface area contributed by atoms with E-state index in [1.807, 2.05) is 0 Å². The first-order valence-corrected chi connectivity index (χ1v) is 10.4. The van der Waals surface area contributed by atoms with Gasteiger partial charge in [-0.15, -0.1) is 0 Å². The van der Waals surface area contributed by atoms with Gasteiger partial charge in [-0.05, 0) is 81.0 Å². The highest BCUT2D eigenvalue weighted by Gasteiger charge is 2.44. The molecule has 0 aromatic carbocycles. The normalized spacial score (nSPS) is 41.7. The Balaban J connectivity index is 1.51. The fraction of sp³-hybridized carbons (Fsp3) is 1.00. The molecule has 0 radical (unpaired) electrons. The molecule has 0 aliphatic heterocycles. The van der Waals surface area contributed by atoms with Crippen LogP contribution in [0.25, 0.3) is 0 Å². The Morgan fingerprint density at radius 2 is 1.50 bits per heavy atom. The summed E-state index contributed by atoms with van der Waals surface area (Å²) < 4.78 is 6.08. The van der Waals surface area contributed by atoms with Crippen LogP contribution >= 0.6 is 0 Å². The summed E-state index contributed by atoms with van der Waals surface area (Å²) in [5.74, 6) is 5.31. The van der Waals surface area contributed by atoms with Crippen molar-refractivity contribution in [2.75, 3.05) is 6.61 Å². The van der Waals surface area contributed by atoms with Crippen molar-refractivity contribution in [3.63, 3.8) is 0 Å². The standard InChI is InChI=1S/C21H38O/c1-3-5-6-16-7-11-20-17(14-16)8-9-18-15-19(22-13-4-2)10-12-21(18)20/h16-21H,3-15H2,1-2H3. The summed E-state index contributed by atoms with van der Waals surface area (Å²) >= 11 is 0. The Bertz CT molecular complexity index is 294. The van der Waals surface area contributed by atoms with Gasteiger partial charge in [0.05, 0.1) is 6.10 Å². The van der Waals surface area contributed by atoms with Crippen LogP contribution in [-0.2, 0) is 4.74 Å². The van der Waals surface area contributed by atoms with Gasteiger partial charge in [0.1, 0.15) is 0 Å². The molecule has 3 aliphatic carbocycles. The second-order valence-electron chi connectivity index (χ2n) is 8.55. The molecule has 0 amide bonds. The lowest BCUT2D eigenvalue weighted by Gasteiger charge is -2.50. The summed E-state index contributed by atoms with van der Waals surface area (Å²) in [7, 11) is 0. The predicted molar refractivity (Wildman–Crippen MR) is 93.9 cm³/mol. The molecular weight excluding hydrogens is 268 g/mol. The van der Waals surface area contributed by atoms with E-state index in [1.54, 1.807) is 19.3 Å². The molecule has 3 rings (SSSR count). The Hall–Kier alpha value is -0.0400. The Morgan fingerprint density at radius 3 is 2.23 bits per heavy atom. The minimum atomic E-state index is 0.596. The highest BCUT2D eigenvalue weighted by atomic mass is 16.5. The van der Waals surface area contributed by atoms with Crippen molar-refractivity contribution in [2.24, 2.45) is 29.6 Å². The Labute approximate surface area is 138 Å². The third-order valence-corrected chi connectivity index (χ3v) is 7.12. The topological polar surface area (TPSA) is 9.23 Å². The number of hydrogen-bond donors (Lipinski definition) is 0. The van der Waals surface area contributed by atoms with E-state index in [-0.39, 0.29) is 0 Å². The maximum atomic E-state index is 6.08. The van der Waals surface area contributed by atoms with E-state index in [1.165, 1.54) is 57.8 Å². The molecule has 22 heavy (non-hydrogen) atoms. The molecule has 1 nitrogen and oxygen atoms in total. The molecule has 0 saturated heterocycles. The third-order valence-electron chi connectivity index (χ3n) is 7.12. The zero-order valence-electron chi connectivity index (χ0n) is 15.1. The van der Waals surface area contributed by atoms with Gasteiger partial charge in [-0.2, -0.15) is 0 Å². The average molecular weight is 307 g/mol. The summed E-state index contributed by atoms with van der Waals surface area (Å²) in [6.45, 7) is 5.55. The number of unbranched alkanes of at least 4 members (excludes halogenated alkanes) is 1. The number of fused-ring (bicyclic) bond motifs is 3. The zero-order chi connectivity index (χ0) is 15.4. The van der Waals surface area contributed by atoms with E-state index < -0.39 is 0 Å². The van der Waals surface area contributed by atoms with Crippen molar-refractivity contribution >= 4 is 0 Å². The molecule has 0 bridgehead atoms. The summed E-state index contributed by atoms with van der Waals surface area (Å²) in [6, 6.07) is 0. The fourth-order valence-corrected chi connectivity index (χ4v) is 6.04. The largest absolute Gasteiger partial charge is 0.378 e. The molecule has 6 unspecified atom stereocenters. The first-order valence-electron chi connectivity index (χ1n) is 10.4. The summed E-state index contributed by atoms with van der Waals surface area (Å²) in [5.41, 5.74) is 0. The number of ether oxygens (including phenoxy) is 1. The molecule has 128 valence electrons. The first-order chi connectivity index (χ1) is 10.8. The maximum Gasteiger partial charge on any atom is 0.0578 e. The minimum absolute atomic E-state index is 0.596. The predicted octanol–water partition coefficient (Wildman–Crippen LogP) is 6.21. The summed E-state index contributed by atoms with van der Waals surface area (Å²) in [6.07, 6.45) is 18.1. The van der Waals surface area contributed by atoms with Crippen LogP contribution in [0.3, 0.4) is 0 Å². The molecule has 0 aromatic heterocycles. The first kappa shape index (κ1) is 16.8. The van der Waals surface area contributed by atoms with Crippen LogP contribution in [0.4, 0.5) is 0 Å². The highest BCUT2D eigenvalue weighted by Crippen LogP contribution is 2.53. The van der Waals surface area contributed by atoms with Crippen LogP contribution in [0.2, 0.25) is 0 Å². The van der Waals surface area contributed by atoms with E-state index in [0.717, 1.165) is 36.2 Å². The van der Waals surface area contributed by atoms with Crippen LogP contribution in [0, 0.1) is 29.6 Å². The van der Waals surface area contributed by atoms with Gasteiger partial charge < -0.3 is 4.74 Å². The maximum absolute atomic E-state index is 6.08. The smallest absolute Gasteiger partial charge is 0.0578 e. The second-order valence-corrected chi connectivity index (χ2v) is 8.55. The van der Waals surface area contributed by atoms with E-state index in [9.17, 15) is 0 Å². The Kier molecular flexibility index (Phi) is 6.24. The van der Waals surface area contributed by atoms with E-state index in [2.05, 4.69) is 13.8 Å². The zero-order valence-corrected chi connectivity index (χ0v) is 15.1. The quantitative estimate of drug-likeness (QED) is 0.566. The Morgan fingerprint density at radius 1 is 0.773 bits per heavy atom. The molecule has 0 spiro atoms. The molecule has 6 atom stereocenters. The van der Waals surface area contributed by atoms with Crippen LogP contribution in [0.5, 0.6) is 0 Å². The van der Waals surface area contributed by atoms with Crippen molar-refractivity contribution in [1.82, 2.24) is 0 Å². The molecule has 0 heterocycles. The lowest BCUT2D eigenvalue weighted by Crippen LogP contribution is -2.42. The van der Waals surface area contributed by atoms with Gasteiger partial charge in [-0.25, -0.2) is 0 Å². The van der Waals surface area contributed by atoms with Gasteiger partial charge in [-0.3, -0.25) is 0 Å². The average Bonchev–Trinajstić information content (AvgIpc) is 2.57. The van der Waals surface area contributed by atoms with Gasteiger partial charge in [0.2, 0.25) is 0 Å². The van der Waals surface area contributed by atoms with Gasteiger partial charge in [0.15, 0.2) is 0 Å². The molecule has 3 fully saturated rings.